The van der Waals surface area contributed by atoms with E-state index in [9.17, 15) is 4.79 Å². The van der Waals surface area contributed by atoms with E-state index in [4.69, 9.17) is 10.4 Å². The summed E-state index contributed by atoms with van der Waals surface area (Å²) in [6.45, 7) is 0. The van der Waals surface area contributed by atoms with Gasteiger partial charge in [-0.1, -0.05) is 0 Å². The van der Waals surface area contributed by atoms with Gasteiger partial charge in [0.05, 0.1) is 6.42 Å². The van der Waals surface area contributed by atoms with Crippen molar-refractivity contribution < 1.29 is 9.90 Å². The molecule has 0 aliphatic rings. The van der Waals surface area contributed by atoms with Gasteiger partial charge in [0.2, 0.25) is 0 Å². The molecule has 0 spiro atoms. The summed E-state index contributed by atoms with van der Waals surface area (Å²) in [5.74, 6) is -0.903. The number of rotatable bonds is 2. The van der Waals surface area contributed by atoms with E-state index in [1.54, 1.807) is 11.4 Å². The van der Waals surface area contributed by atoms with Crippen LogP contribution in [0, 0.1) is 11.3 Å². The molecule has 0 aliphatic carbocycles. The number of aliphatic carboxylic acids is 1. The maximum Gasteiger partial charge on any atom is 0.307 e. The number of thiophene rings is 1. The van der Waals surface area contributed by atoms with Crippen LogP contribution in [-0.4, -0.2) is 11.1 Å². The second kappa shape index (κ2) is 3.17. The van der Waals surface area contributed by atoms with Gasteiger partial charge >= 0.3 is 5.97 Å². The Kier molecular flexibility index (Phi) is 2.24. The van der Waals surface area contributed by atoms with Gasteiger partial charge in [0.25, 0.3) is 0 Å². The van der Waals surface area contributed by atoms with Crippen molar-refractivity contribution >= 4 is 17.3 Å². The largest absolute Gasteiger partial charge is 0.481 e. The highest BCUT2D eigenvalue weighted by molar-refractivity contribution is 7.10. The molecule has 0 aliphatic heterocycles. The molecule has 56 valence electrons. The Labute approximate surface area is 67.5 Å². The van der Waals surface area contributed by atoms with Crippen LogP contribution in [-0.2, 0) is 11.2 Å². The number of nitriles is 1. The average molecular weight is 167 g/mol. The molecule has 0 radical (unpaired) electrons. The molecule has 1 N–H and O–H groups in total. The fourth-order valence-electron chi connectivity index (χ4n) is 0.736. The van der Waals surface area contributed by atoms with Crippen molar-refractivity contribution in [2.45, 2.75) is 6.42 Å². The lowest BCUT2D eigenvalue weighted by molar-refractivity contribution is -0.136. The number of hydrogen-bond acceptors (Lipinski definition) is 3. The number of carboxylic acid groups (broad SMARTS) is 1. The first kappa shape index (κ1) is 7.76. The molecule has 0 amide bonds. The minimum atomic E-state index is -0.903. The predicted octanol–water partition coefficient (Wildman–Crippen LogP) is 1.25. The number of nitrogens with zero attached hydrogens (tertiary/aromatic N) is 1. The normalized spacial score (nSPS) is 9.00. The topological polar surface area (TPSA) is 61.1 Å². The van der Waals surface area contributed by atoms with Gasteiger partial charge in [-0.2, -0.15) is 5.26 Å². The van der Waals surface area contributed by atoms with E-state index in [1.807, 2.05) is 6.07 Å². The third kappa shape index (κ3) is 1.79. The molecular formula is C7H5NO2S. The summed E-state index contributed by atoms with van der Waals surface area (Å²) in [6.07, 6.45) is -0.0631. The van der Waals surface area contributed by atoms with Crippen LogP contribution < -0.4 is 0 Å². The summed E-state index contributed by atoms with van der Waals surface area (Å²) in [6, 6.07) is 3.60. The molecule has 0 saturated carbocycles. The minimum Gasteiger partial charge on any atom is -0.481 e. The molecule has 0 unspecified atom stereocenters. The predicted molar refractivity (Wildman–Crippen MR) is 40.4 cm³/mol. The Morgan fingerprint density at radius 2 is 2.55 bits per heavy atom. The Balaban J connectivity index is 2.87. The molecule has 11 heavy (non-hydrogen) atoms. The van der Waals surface area contributed by atoms with E-state index in [1.165, 1.54) is 11.3 Å². The maximum absolute atomic E-state index is 10.2. The lowest BCUT2D eigenvalue weighted by atomic mass is 10.2. The first-order valence-electron chi connectivity index (χ1n) is 2.92. The van der Waals surface area contributed by atoms with Gasteiger partial charge in [0.1, 0.15) is 10.9 Å². The van der Waals surface area contributed by atoms with Crippen LogP contribution in [0.15, 0.2) is 11.4 Å². The van der Waals surface area contributed by atoms with Crippen molar-refractivity contribution in [3.63, 3.8) is 0 Å². The lowest BCUT2D eigenvalue weighted by Crippen LogP contribution is -1.99. The van der Waals surface area contributed by atoms with Gasteiger partial charge in [0.15, 0.2) is 0 Å². The highest BCUT2D eigenvalue weighted by atomic mass is 32.1. The monoisotopic (exact) mass is 167 g/mol. The Morgan fingerprint density at radius 1 is 1.82 bits per heavy atom. The van der Waals surface area contributed by atoms with Crippen LogP contribution in [0.5, 0.6) is 0 Å². The Hall–Kier alpha value is -1.34. The minimum absolute atomic E-state index is 0.0631. The number of carboxylic acids is 1. The maximum atomic E-state index is 10.2. The van der Waals surface area contributed by atoms with Crippen molar-refractivity contribution in [3.05, 3.63) is 21.9 Å². The van der Waals surface area contributed by atoms with Crippen LogP contribution >= 0.6 is 11.3 Å². The summed E-state index contributed by atoms with van der Waals surface area (Å²) in [7, 11) is 0. The number of hydrogen-bond donors (Lipinski definition) is 1. The van der Waals surface area contributed by atoms with E-state index in [0.717, 1.165) is 0 Å². The molecule has 3 nitrogen and oxygen atoms in total. The molecule has 0 aromatic carbocycles. The summed E-state index contributed by atoms with van der Waals surface area (Å²) < 4.78 is 0. The van der Waals surface area contributed by atoms with E-state index in [2.05, 4.69) is 0 Å². The van der Waals surface area contributed by atoms with Crippen LogP contribution in [0.2, 0.25) is 0 Å². The van der Waals surface area contributed by atoms with Crippen molar-refractivity contribution in [3.8, 4) is 6.07 Å². The fraction of sp³-hybridized carbons (Fsp3) is 0.143. The molecule has 1 aromatic heterocycles. The van der Waals surface area contributed by atoms with Gasteiger partial charge < -0.3 is 5.11 Å². The quantitative estimate of drug-likeness (QED) is 0.721. The van der Waals surface area contributed by atoms with Gasteiger partial charge in [-0.15, -0.1) is 11.3 Å². The lowest BCUT2D eigenvalue weighted by Gasteiger charge is -1.89. The van der Waals surface area contributed by atoms with Gasteiger partial charge in [0, 0.05) is 0 Å². The summed E-state index contributed by atoms with van der Waals surface area (Å²) >= 11 is 1.27. The zero-order valence-corrected chi connectivity index (χ0v) is 6.39. The smallest absolute Gasteiger partial charge is 0.307 e. The van der Waals surface area contributed by atoms with Crippen molar-refractivity contribution in [1.82, 2.24) is 0 Å². The summed E-state index contributed by atoms with van der Waals surface area (Å²) in [4.78, 5) is 10.7. The van der Waals surface area contributed by atoms with E-state index in [-0.39, 0.29) is 6.42 Å². The molecule has 1 aromatic rings. The standard InChI is InChI=1S/C7H5NO2S/c8-4-6-5(1-2-11-6)3-7(9)10/h1-2H,3H2,(H,9,10). The first-order valence-corrected chi connectivity index (χ1v) is 3.80. The van der Waals surface area contributed by atoms with Crippen molar-refractivity contribution in [2.75, 3.05) is 0 Å². The molecule has 0 atom stereocenters. The molecule has 1 heterocycles. The zero-order valence-electron chi connectivity index (χ0n) is 5.57. The van der Waals surface area contributed by atoms with Crippen molar-refractivity contribution in [2.24, 2.45) is 0 Å². The average Bonchev–Trinajstić information content (AvgIpc) is 2.34. The van der Waals surface area contributed by atoms with E-state index >= 15 is 0 Å². The second-order valence-electron chi connectivity index (χ2n) is 1.96. The summed E-state index contributed by atoms with van der Waals surface area (Å²) in [5.41, 5.74) is 0.602. The molecule has 0 saturated heterocycles. The highest BCUT2D eigenvalue weighted by Crippen LogP contribution is 2.15. The summed E-state index contributed by atoms with van der Waals surface area (Å²) in [5, 5.41) is 18.6. The first-order chi connectivity index (χ1) is 5.24. The third-order valence-corrected chi connectivity index (χ3v) is 2.05. The van der Waals surface area contributed by atoms with Gasteiger partial charge in [-0.25, -0.2) is 0 Å². The van der Waals surface area contributed by atoms with E-state index in [0.29, 0.717) is 10.4 Å². The SMILES string of the molecule is N#Cc1sccc1CC(=O)O. The Bertz CT molecular complexity index is 310. The molecule has 4 heteroatoms. The molecule has 0 fully saturated rings. The molecule has 0 bridgehead atoms. The van der Waals surface area contributed by atoms with Crippen LogP contribution in [0.4, 0.5) is 0 Å². The van der Waals surface area contributed by atoms with E-state index < -0.39 is 5.97 Å². The van der Waals surface area contributed by atoms with Gasteiger partial charge in [-0.05, 0) is 17.0 Å². The Morgan fingerprint density at radius 3 is 3.09 bits per heavy atom. The second-order valence-corrected chi connectivity index (χ2v) is 2.87. The van der Waals surface area contributed by atoms with Crippen molar-refractivity contribution in [1.29, 1.82) is 5.26 Å². The molecule has 1 rings (SSSR count). The molecular weight excluding hydrogens is 162 g/mol. The van der Waals surface area contributed by atoms with Crippen LogP contribution in [0.25, 0.3) is 0 Å². The fourth-order valence-corrected chi connectivity index (χ4v) is 1.45. The van der Waals surface area contributed by atoms with Crippen LogP contribution in [0.1, 0.15) is 10.4 Å². The third-order valence-electron chi connectivity index (χ3n) is 1.19. The van der Waals surface area contributed by atoms with Gasteiger partial charge in [-0.3, -0.25) is 4.79 Å². The zero-order chi connectivity index (χ0) is 8.27. The van der Waals surface area contributed by atoms with Crippen LogP contribution in [0.3, 0.4) is 0 Å². The highest BCUT2D eigenvalue weighted by Gasteiger charge is 2.06. The number of carbonyl (C=O) groups is 1.